The van der Waals surface area contributed by atoms with Gasteiger partial charge in [-0.25, -0.2) is 10.8 Å². The average Bonchev–Trinajstić information content (AvgIpc) is 2.48. The number of carbonyl (C=O) groups excluding carboxylic acids is 1. The summed E-state index contributed by atoms with van der Waals surface area (Å²) in [5, 5.41) is 2.81. The molecule has 2 rings (SSSR count). The molecular weight excluding hydrogens is 254 g/mol. The first-order chi connectivity index (χ1) is 9.60. The largest absolute Gasteiger partial charge is 0.378 e. The molecule has 0 spiro atoms. The Balaban J connectivity index is 2.06. The molecule has 1 aromatic heterocycles. The van der Waals surface area contributed by atoms with Gasteiger partial charge in [-0.3, -0.25) is 4.79 Å². The second-order valence-corrected chi connectivity index (χ2v) is 4.47. The first-order valence-electron chi connectivity index (χ1n) is 6.11. The monoisotopic (exact) mass is 271 g/mol. The fourth-order valence-corrected chi connectivity index (χ4v) is 1.66. The van der Waals surface area contributed by atoms with Gasteiger partial charge >= 0.3 is 0 Å². The second-order valence-electron chi connectivity index (χ2n) is 4.47. The van der Waals surface area contributed by atoms with Crippen molar-refractivity contribution in [3.63, 3.8) is 0 Å². The molecule has 4 N–H and O–H groups in total. The number of nitrogen functional groups attached to an aromatic ring is 1. The van der Waals surface area contributed by atoms with Crippen molar-refractivity contribution >= 4 is 23.1 Å². The van der Waals surface area contributed by atoms with E-state index in [-0.39, 0.29) is 5.91 Å². The van der Waals surface area contributed by atoms with Crippen LogP contribution in [0.25, 0.3) is 0 Å². The van der Waals surface area contributed by atoms with Gasteiger partial charge < -0.3 is 15.6 Å². The predicted molar refractivity (Wildman–Crippen MR) is 80.8 cm³/mol. The van der Waals surface area contributed by atoms with Gasteiger partial charge in [0.25, 0.3) is 5.91 Å². The van der Waals surface area contributed by atoms with E-state index in [0.29, 0.717) is 11.4 Å². The molecule has 6 heteroatoms. The fraction of sp³-hybridized carbons (Fsp3) is 0.143. The van der Waals surface area contributed by atoms with Crippen molar-refractivity contribution in [1.82, 2.24) is 4.98 Å². The Kier molecular flexibility index (Phi) is 4.17. The minimum absolute atomic E-state index is 0.210. The Labute approximate surface area is 117 Å². The van der Waals surface area contributed by atoms with Crippen LogP contribution in [0.3, 0.4) is 0 Å². The van der Waals surface area contributed by atoms with Crippen molar-refractivity contribution in [2.45, 2.75) is 0 Å². The molecule has 1 amide bonds. The zero-order valence-corrected chi connectivity index (χ0v) is 11.4. The number of benzene rings is 1. The normalized spacial score (nSPS) is 9.95. The standard InChI is InChI=1S/C14H17N5O/c1-19(2)12-6-4-11(5-7-12)17-14(20)10-3-8-13(18-15)16-9-10/h3-9H,15H2,1-2H3,(H,16,18)(H,17,20). The first-order valence-corrected chi connectivity index (χ1v) is 6.11. The third kappa shape index (κ3) is 3.24. The summed E-state index contributed by atoms with van der Waals surface area (Å²) in [7, 11) is 3.93. The highest BCUT2D eigenvalue weighted by molar-refractivity contribution is 6.04. The average molecular weight is 271 g/mol. The van der Waals surface area contributed by atoms with Gasteiger partial charge in [0.15, 0.2) is 0 Å². The number of pyridine rings is 1. The second kappa shape index (κ2) is 6.03. The smallest absolute Gasteiger partial charge is 0.257 e. The van der Waals surface area contributed by atoms with Crippen molar-refractivity contribution in [1.29, 1.82) is 0 Å². The molecule has 20 heavy (non-hydrogen) atoms. The molecule has 104 valence electrons. The van der Waals surface area contributed by atoms with E-state index in [4.69, 9.17) is 5.84 Å². The van der Waals surface area contributed by atoms with Gasteiger partial charge in [-0.1, -0.05) is 0 Å². The van der Waals surface area contributed by atoms with E-state index in [2.05, 4.69) is 15.7 Å². The van der Waals surface area contributed by atoms with Crippen LogP contribution in [0.1, 0.15) is 10.4 Å². The number of nitrogens with two attached hydrogens (primary N) is 1. The molecule has 6 nitrogen and oxygen atoms in total. The zero-order valence-electron chi connectivity index (χ0n) is 11.4. The number of anilines is 3. The van der Waals surface area contributed by atoms with Gasteiger partial charge in [-0.15, -0.1) is 0 Å². The van der Waals surface area contributed by atoms with E-state index < -0.39 is 0 Å². The maximum absolute atomic E-state index is 12.0. The number of rotatable bonds is 4. The molecule has 0 aliphatic heterocycles. The Hall–Kier alpha value is -2.60. The minimum Gasteiger partial charge on any atom is -0.378 e. The fourth-order valence-electron chi connectivity index (χ4n) is 1.66. The van der Waals surface area contributed by atoms with Crippen LogP contribution in [0, 0.1) is 0 Å². The Morgan fingerprint density at radius 3 is 2.35 bits per heavy atom. The predicted octanol–water partition coefficient (Wildman–Crippen LogP) is 1.69. The Bertz CT molecular complexity index is 578. The summed E-state index contributed by atoms with van der Waals surface area (Å²) in [6.45, 7) is 0. The quantitative estimate of drug-likeness (QED) is 0.582. The molecule has 0 unspecified atom stereocenters. The first kappa shape index (κ1) is 13.8. The van der Waals surface area contributed by atoms with E-state index in [1.807, 2.05) is 43.3 Å². The molecular formula is C14H17N5O. The summed E-state index contributed by atoms with van der Waals surface area (Å²) < 4.78 is 0. The molecule has 1 aromatic carbocycles. The van der Waals surface area contributed by atoms with Crippen LogP contribution in [-0.2, 0) is 0 Å². The van der Waals surface area contributed by atoms with Crippen LogP contribution in [0.4, 0.5) is 17.2 Å². The topological polar surface area (TPSA) is 83.3 Å². The number of nitrogens with zero attached hydrogens (tertiary/aromatic N) is 2. The molecule has 1 heterocycles. The lowest BCUT2D eigenvalue weighted by molar-refractivity contribution is 0.102. The van der Waals surface area contributed by atoms with Crippen molar-refractivity contribution in [3.8, 4) is 0 Å². The maximum Gasteiger partial charge on any atom is 0.257 e. The lowest BCUT2D eigenvalue weighted by Crippen LogP contribution is -2.14. The number of hydrogen-bond acceptors (Lipinski definition) is 5. The van der Waals surface area contributed by atoms with E-state index in [0.717, 1.165) is 11.4 Å². The van der Waals surface area contributed by atoms with Crippen LogP contribution in [0.5, 0.6) is 0 Å². The number of nitrogens with one attached hydrogen (secondary N) is 2. The van der Waals surface area contributed by atoms with E-state index in [1.165, 1.54) is 6.20 Å². The van der Waals surface area contributed by atoms with Crippen molar-refractivity contribution in [2.75, 3.05) is 29.7 Å². The number of hydrogen-bond donors (Lipinski definition) is 3. The summed E-state index contributed by atoms with van der Waals surface area (Å²) >= 11 is 0. The highest BCUT2D eigenvalue weighted by atomic mass is 16.1. The minimum atomic E-state index is -0.210. The molecule has 0 radical (unpaired) electrons. The Morgan fingerprint density at radius 1 is 1.15 bits per heavy atom. The molecule has 0 fully saturated rings. The molecule has 0 aliphatic carbocycles. The van der Waals surface area contributed by atoms with Gasteiger partial charge in [0.2, 0.25) is 0 Å². The highest BCUT2D eigenvalue weighted by Crippen LogP contribution is 2.16. The maximum atomic E-state index is 12.0. The van der Waals surface area contributed by atoms with Gasteiger partial charge in [-0.05, 0) is 36.4 Å². The summed E-state index contributed by atoms with van der Waals surface area (Å²) in [5.41, 5.74) is 4.69. The third-order valence-electron chi connectivity index (χ3n) is 2.82. The van der Waals surface area contributed by atoms with Crippen LogP contribution < -0.4 is 21.5 Å². The third-order valence-corrected chi connectivity index (χ3v) is 2.82. The number of carbonyl (C=O) groups is 1. The van der Waals surface area contributed by atoms with Crippen LogP contribution in [0.2, 0.25) is 0 Å². The lowest BCUT2D eigenvalue weighted by Gasteiger charge is -2.13. The van der Waals surface area contributed by atoms with Crippen molar-refractivity contribution < 1.29 is 4.79 Å². The van der Waals surface area contributed by atoms with E-state index in [9.17, 15) is 4.79 Å². The number of aromatic nitrogens is 1. The van der Waals surface area contributed by atoms with Crippen LogP contribution in [-0.4, -0.2) is 25.0 Å². The molecule has 2 aromatic rings. The number of amides is 1. The highest BCUT2D eigenvalue weighted by Gasteiger charge is 2.06. The van der Waals surface area contributed by atoms with E-state index in [1.54, 1.807) is 12.1 Å². The van der Waals surface area contributed by atoms with Crippen molar-refractivity contribution in [3.05, 3.63) is 48.2 Å². The summed E-state index contributed by atoms with van der Waals surface area (Å²) in [5.74, 6) is 5.52. The van der Waals surface area contributed by atoms with Gasteiger partial charge in [0.05, 0.1) is 5.56 Å². The SMILES string of the molecule is CN(C)c1ccc(NC(=O)c2ccc(NN)nc2)cc1. The molecule has 0 bridgehead atoms. The number of hydrazine groups is 1. The van der Waals surface area contributed by atoms with Gasteiger partial charge in [-0.2, -0.15) is 0 Å². The summed E-state index contributed by atoms with van der Waals surface area (Å²) in [6.07, 6.45) is 1.47. The van der Waals surface area contributed by atoms with Crippen LogP contribution in [0.15, 0.2) is 42.6 Å². The van der Waals surface area contributed by atoms with E-state index >= 15 is 0 Å². The molecule has 0 saturated heterocycles. The lowest BCUT2D eigenvalue weighted by atomic mass is 10.2. The Morgan fingerprint density at radius 2 is 1.85 bits per heavy atom. The summed E-state index contributed by atoms with van der Waals surface area (Å²) in [6, 6.07) is 10.9. The molecule has 0 atom stereocenters. The van der Waals surface area contributed by atoms with Gasteiger partial charge in [0.1, 0.15) is 5.82 Å². The zero-order chi connectivity index (χ0) is 14.5. The van der Waals surface area contributed by atoms with Crippen LogP contribution >= 0.6 is 0 Å². The summed E-state index contributed by atoms with van der Waals surface area (Å²) in [4.78, 5) is 18.0. The molecule has 0 aliphatic rings. The molecule has 0 saturated carbocycles. The van der Waals surface area contributed by atoms with Crippen molar-refractivity contribution in [2.24, 2.45) is 5.84 Å². The van der Waals surface area contributed by atoms with Gasteiger partial charge in [0, 0.05) is 31.7 Å².